The molecule has 2 aromatic rings. The highest BCUT2D eigenvalue weighted by Crippen LogP contribution is 2.28. The molecule has 2 atom stereocenters. The summed E-state index contributed by atoms with van der Waals surface area (Å²) in [6.45, 7) is 3.98. The Morgan fingerprint density at radius 3 is 2.40 bits per heavy atom. The van der Waals surface area contributed by atoms with Gasteiger partial charge in [0.2, 0.25) is 0 Å². The van der Waals surface area contributed by atoms with Crippen LogP contribution in [-0.2, 0) is 9.53 Å². The first kappa shape index (κ1) is 18.5. The maximum Gasteiger partial charge on any atom is 0.327 e. The van der Waals surface area contributed by atoms with Gasteiger partial charge in [-0.05, 0) is 37.6 Å². The fourth-order valence-electron chi connectivity index (χ4n) is 2.70. The van der Waals surface area contributed by atoms with Crippen molar-refractivity contribution < 1.29 is 14.3 Å². The number of hydrogen-bond acceptors (Lipinski definition) is 5. The summed E-state index contributed by atoms with van der Waals surface area (Å²) in [5, 5.41) is 12.2. The zero-order valence-electron chi connectivity index (χ0n) is 14.9. The number of methoxy groups -OCH3 is 2. The van der Waals surface area contributed by atoms with E-state index >= 15 is 0 Å². The molecule has 0 aliphatic rings. The molecule has 1 N–H and O–H groups in total. The fraction of sp³-hybridized carbons (Fsp3) is 0.300. The molecule has 0 aliphatic carbocycles. The van der Waals surface area contributed by atoms with Crippen molar-refractivity contribution in [2.75, 3.05) is 14.2 Å². The highest BCUT2D eigenvalue weighted by atomic mass is 16.5. The lowest BCUT2D eigenvalue weighted by Crippen LogP contribution is -2.32. The van der Waals surface area contributed by atoms with E-state index in [0.717, 1.165) is 22.4 Å². The Bertz CT molecular complexity index is 779. The first-order chi connectivity index (χ1) is 12.0. The molecule has 0 radical (unpaired) electrons. The number of nitrogens with zero attached hydrogens (tertiary/aromatic N) is 1. The quantitative estimate of drug-likeness (QED) is 0.817. The molecular formula is C20H22N2O3. The largest absolute Gasteiger partial charge is 0.496 e. The van der Waals surface area contributed by atoms with Gasteiger partial charge in [-0.25, -0.2) is 4.79 Å². The van der Waals surface area contributed by atoms with Crippen LogP contribution in [0.2, 0.25) is 0 Å². The lowest BCUT2D eigenvalue weighted by atomic mass is 10.0. The number of benzene rings is 2. The Hall–Kier alpha value is -2.84. The van der Waals surface area contributed by atoms with Crippen LogP contribution in [0.3, 0.4) is 0 Å². The number of carbonyl (C=O) groups excluding carboxylic acids is 1. The normalized spacial score (nSPS) is 12.8. The Labute approximate surface area is 148 Å². The van der Waals surface area contributed by atoms with E-state index in [9.17, 15) is 4.79 Å². The zero-order valence-corrected chi connectivity index (χ0v) is 14.9. The van der Waals surface area contributed by atoms with Crippen molar-refractivity contribution in [1.29, 1.82) is 5.26 Å². The molecule has 0 saturated carbocycles. The van der Waals surface area contributed by atoms with E-state index in [4.69, 9.17) is 14.7 Å². The van der Waals surface area contributed by atoms with Gasteiger partial charge < -0.3 is 9.47 Å². The third-order valence-corrected chi connectivity index (χ3v) is 4.08. The van der Waals surface area contributed by atoms with Crippen molar-refractivity contribution in [3.8, 4) is 11.8 Å². The van der Waals surface area contributed by atoms with Gasteiger partial charge in [0.25, 0.3) is 0 Å². The third kappa shape index (κ3) is 4.37. The molecule has 25 heavy (non-hydrogen) atoms. The molecule has 0 fully saturated rings. The molecule has 0 spiro atoms. The molecule has 5 nitrogen and oxygen atoms in total. The van der Waals surface area contributed by atoms with Crippen LogP contribution in [0.15, 0.2) is 42.5 Å². The van der Waals surface area contributed by atoms with Gasteiger partial charge in [0.1, 0.15) is 11.8 Å². The summed E-state index contributed by atoms with van der Waals surface area (Å²) in [7, 11) is 2.98. The van der Waals surface area contributed by atoms with E-state index in [2.05, 4.69) is 11.4 Å². The fourth-order valence-corrected chi connectivity index (χ4v) is 2.70. The molecule has 2 rings (SSSR count). The maximum atomic E-state index is 12.3. The molecule has 0 saturated heterocycles. The molecular weight excluding hydrogens is 316 g/mol. The number of ether oxygens (including phenoxy) is 2. The molecule has 2 aromatic carbocycles. The average Bonchev–Trinajstić information content (AvgIpc) is 2.65. The predicted molar refractivity (Wildman–Crippen MR) is 95.2 cm³/mol. The number of hydrogen-bond donors (Lipinski definition) is 1. The summed E-state index contributed by atoms with van der Waals surface area (Å²) >= 11 is 0. The topological polar surface area (TPSA) is 71.3 Å². The second-order valence-corrected chi connectivity index (χ2v) is 5.82. The summed E-state index contributed by atoms with van der Waals surface area (Å²) in [6, 6.07) is 14.1. The minimum Gasteiger partial charge on any atom is -0.496 e. The van der Waals surface area contributed by atoms with Gasteiger partial charge in [-0.1, -0.05) is 29.8 Å². The number of aryl methyl sites for hydroxylation is 1. The van der Waals surface area contributed by atoms with Crippen molar-refractivity contribution in [3.05, 3.63) is 64.7 Å². The number of esters is 1. The SMILES string of the molecule is COC(=O)C(NC(C)c1cc(C)ccc1OC)c1ccc(C#N)cc1. The molecule has 130 valence electrons. The first-order valence-electron chi connectivity index (χ1n) is 7.98. The Kier molecular flexibility index (Phi) is 6.15. The molecule has 0 aromatic heterocycles. The van der Waals surface area contributed by atoms with Crippen LogP contribution >= 0.6 is 0 Å². The summed E-state index contributed by atoms with van der Waals surface area (Å²) in [4.78, 5) is 12.3. The molecule has 0 aliphatic heterocycles. The van der Waals surface area contributed by atoms with Crippen molar-refractivity contribution >= 4 is 5.97 Å². The number of rotatable bonds is 6. The minimum absolute atomic E-state index is 0.144. The second kappa shape index (κ2) is 8.32. The number of nitrogens with one attached hydrogen (secondary N) is 1. The summed E-state index contributed by atoms with van der Waals surface area (Å²) < 4.78 is 10.4. The molecule has 0 bridgehead atoms. The zero-order chi connectivity index (χ0) is 18.4. The van der Waals surface area contributed by atoms with E-state index in [-0.39, 0.29) is 12.0 Å². The predicted octanol–water partition coefficient (Wildman–Crippen LogP) is 3.44. The Morgan fingerprint density at radius 2 is 1.84 bits per heavy atom. The second-order valence-electron chi connectivity index (χ2n) is 5.82. The summed E-state index contributed by atoms with van der Waals surface area (Å²) in [5.74, 6) is 0.372. The van der Waals surface area contributed by atoms with E-state index < -0.39 is 6.04 Å². The van der Waals surface area contributed by atoms with Crippen LogP contribution in [0, 0.1) is 18.3 Å². The molecule has 2 unspecified atom stereocenters. The van der Waals surface area contributed by atoms with Gasteiger partial charge in [-0.2, -0.15) is 5.26 Å². The number of carbonyl (C=O) groups is 1. The van der Waals surface area contributed by atoms with Crippen LogP contribution in [0.4, 0.5) is 0 Å². The number of nitriles is 1. The van der Waals surface area contributed by atoms with Gasteiger partial charge >= 0.3 is 5.97 Å². The van der Waals surface area contributed by atoms with Gasteiger partial charge in [-0.3, -0.25) is 5.32 Å². The van der Waals surface area contributed by atoms with Gasteiger partial charge in [-0.15, -0.1) is 0 Å². The maximum absolute atomic E-state index is 12.3. The summed E-state index contributed by atoms with van der Waals surface area (Å²) in [5.41, 5.74) is 3.35. The van der Waals surface area contributed by atoms with Crippen molar-refractivity contribution in [1.82, 2.24) is 5.32 Å². The standard InChI is InChI=1S/C20H22N2O3/c1-13-5-10-18(24-3)17(11-13)14(2)22-19(20(23)25-4)16-8-6-15(12-21)7-9-16/h5-11,14,19,22H,1-4H3. The van der Waals surface area contributed by atoms with Gasteiger partial charge in [0.05, 0.1) is 25.9 Å². The van der Waals surface area contributed by atoms with Crippen LogP contribution in [-0.4, -0.2) is 20.2 Å². The van der Waals surface area contributed by atoms with E-state index in [1.54, 1.807) is 31.4 Å². The lowest BCUT2D eigenvalue weighted by molar-refractivity contribution is -0.143. The van der Waals surface area contributed by atoms with Gasteiger partial charge in [0, 0.05) is 11.6 Å². The van der Waals surface area contributed by atoms with E-state index in [1.165, 1.54) is 7.11 Å². The van der Waals surface area contributed by atoms with Crippen molar-refractivity contribution in [2.24, 2.45) is 0 Å². The van der Waals surface area contributed by atoms with Gasteiger partial charge in [0.15, 0.2) is 0 Å². The Balaban J connectivity index is 2.32. The smallest absolute Gasteiger partial charge is 0.327 e. The molecule has 5 heteroatoms. The third-order valence-electron chi connectivity index (χ3n) is 4.08. The van der Waals surface area contributed by atoms with Crippen LogP contribution in [0.25, 0.3) is 0 Å². The summed E-state index contributed by atoms with van der Waals surface area (Å²) in [6.07, 6.45) is 0. The monoisotopic (exact) mass is 338 g/mol. The highest BCUT2D eigenvalue weighted by molar-refractivity contribution is 5.77. The van der Waals surface area contributed by atoms with Crippen molar-refractivity contribution in [2.45, 2.75) is 25.9 Å². The first-order valence-corrected chi connectivity index (χ1v) is 7.98. The lowest BCUT2D eigenvalue weighted by Gasteiger charge is -2.24. The van der Waals surface area contributed by atoms with Crippen LogP contribution in [0.5, 0.6) is 5.75 Å². The molecule has 0 heterocycles. The molecule has 0 amide bonds. The van der Waals surface area contributed by atoms with Crippen molar-refractivity contribution in [3.63, 3.8) is 0 Å². The van der Waals surface area contributed by atoms with Crippen LogP contribution in [0.1, 0.15) is 41.3 Å². The average molecular weight is 338 g/mol. The van der Waals surface area contributed by atoms with E-state index in [1.807, 2.05) is 32.0 Å². The van der Waals surface area contributed by atoms with E-state index in [0.29, 0.717) is 5.56 Å². The highest BCUT2D eigenvalue weighted by Gasteiger charge is 2.25. The minimum atomic E-state index is -0.641. The van der Waals surface area contributed by atoms with Crippen LogP contribution < -0.4 is 10.1 Å². The Morgan fingerprint density at radius 1 is 1.16 bits per heavy atom.